The molecular weight excluding hydrogens is 1100 g/mol. The molecule has 0 aromatic rings. The van der Waals surface area contributed by atoms with E-state index in [0.29, 0.717) is 37.5 Å². The molecule has 2 unspecified atom stereocenters. The van der Waals surface area contributed by atoms with Crippen molar-refractivity contribution < 1.29 is 80.2 Å². The second-order valence-corrected chi connectivity index (χ2v) is 27.0. The van der Waals surface area contributed by atoms with Gasteiger partial charge in [0.05, 0.1) is 26.4 Å². The number of carbonyl (C=O) groups is 4. The molecule has 0 spiro atoms. The van der Waals surface area contributed by atoms with Crippen LogP contribution in [0.5, 0.6) is 0 Å². The van der Waals surface area contributed by atoms with E-state index < -0.39 is 97.5 Å². The van der Waals surface area contributed by atoms with Gasteiger partial charge in [0.1, 0.15) is 19.3 Å². The van der Waals surface area contributed by atoms with E-state index in [1.54, 1.807) is 0 Å². The minimum atomic E-state index is -4.94. The van der Waals surface area contributed by atoms with Crippen molar-refractivity contribution >= 4 is 39.5 Å². The summed E-state index contributed by atoms with van der Waals surface area (Å²) in [7, 11) is -9.88. The lowest BCUT2D eigenvalue weighted by Crippen LogP contribution is -2.30. The number of carbonyl (C=O) groups excluding carboxylic acids is 4. The van der Waals surface area contributed by atoms with Crippen LogP contribution in [-0.2, 0) is 65.4 Å². The number of unbranched alkanes of at least 4 members (excludes halogenated alkanes) is 33. The summed E-state index contributed by atoms with van der Waals surface area (Å²) < 4.78 is 67.8. The molecule has 492 valence electrons. The second kappa shape index (κ2) is 56.6. The van der Waals surface area contributed by atoms with Crippen LogP contribution in [-0.4, -0.2) is 96.7 Å². The Labute approximate surface area is 505 Å². The highest BCUT2D eigenvalue weighted by Gasteiger charge is 2.30. The van der Waals surface area contributed by atoms with Crippen molar-refractivity contribution in [2.75, 3.05) is 39.6 Å². The Kier molecular flexibility index (Phi) is 55.2. The van der Waals surface area contributed by atoms with Gasteiger partial charge in [-0.2, -0.15) is 0 Å². The third kappa shape index (κ3) is 58.8. The van der Waals surface area contributed by atoms with E-state index in [9.17, 15) is 43.2 Å². The summed E-state index contributed by atoms with van der Waals surface area (Å²) in [4.78, 5) is 72.0. The molecule has 0 bridgehead atoms. The van der Waals surface area contributed by atoms with E-state index >= 15 is 0 Å². The quantitative estimate of drug-likeness (QED) is 0.0222. The maximum atomic E-state index is 13.0. The molecule has 0 radical (unpaired) electrons. The Morgan fingerprint density at radius 2 is 0.554 bits per heavy atom. The fourth-order valence-corrected chi connectivity index (χ4v) is 11.1. The highest BCUT2D eigenvalue weighted by Crippen LogP contribution is 2.45. The first kappa shape index (κ1) is 81.1. The summed E-state index contributed by atoms with van der Waals surface area (Å²) in [5.74, 6) is -0.795. The van der Waals surface area contributed by atoms with Crippen molar-refractivity contribution in [1.29, 1.82) is 0 Å². The Morgan fingerprint density at radius 1 is 0.325 bits per heavy atom. The zero-order valence-electron chi connectivity index (χ0n) is 53.5. The molecule has 5 atom stereocenters. The number of aliphatic hydroxyl groups is 1. The van der Waals surface area contributed by atoms with Gasteiger partial charge in [-0.05, 0) is 37.5 Å². The third-order valence-electron chi connectivity index (χ3n) is 14.7. The number of aliphatic hydroxyl groups excluding tert-OH is 1. The highest BCUT2D eigenvalue weighted by atomic mass is 31.2. The number of phosphoric acid groups is 2. The van der Waals surface area contributed by atoms with E-state index in [2.05, 4.69) is 41.5 Å². The lowest BCUT2D eigenvalue weighted by Gasteiger charge is -2.21. The fourth-order valence-electron chi connectivity index (χ4n) is 9.53. The van der Waals surface area contributed by atoms with E-state index in [-0.39, 0.29) is 25.7 Å². The lowest BCUT2D eigenvalue weighted by atomic mass is 10.0. The van der Waals surface area contributed by atoms with Crippen LogP contribution in [0.4, 0.5) is 0 Å². The number of hydrogen-bond donors (Lipinski definition) is 3. The first-order valence-corrected chi connectivity index (χ1v) is 36.5. The molecule has 0 aliphatic carbocycles. The van der Waals surface area contributed by atoms with Crippen LogP contribution in [0.25, 0.3) is 0 Å². The predicted octanol–water partition coefficient (Wildman–Crippen LogP) is 17.7. The van der Waals surface area contributed by atoms with Gasteiger partial charge >= 0.3 is 39.5 Å². The van der Waals surface area contributed by atoms with Crippen LogP contribution in [0.2, 0.25) is 0 Å². The highest BCUT2D eigenvalue weighted by molar-refractivity contribution is 7.47. The molecule has 0 amide bonds. The number of esters is 4. The molecule has 0 saturated heterocycles. The number of ether oxygens (including phenoxy) is 4. The van der Waals surface area contributed by atoms with Crippen LogP contribution >= 0.6 is 15.6 Å². The third-order valence-corrected chi connectivity index (χ3v) is 16.6. The summed E-state index contributed by atoms with van der Waals surface area (Å²) in [5.41, 5.74) is 0. The first-order chi connectivity index (χ1) is 39.9. The molecule has 0 aromatic heterocycles. The number of hydrogen-bond acceptors (Lipinski definition) is 15. The predicted molar refractivity (Wildman–Crippen MR) is 331 cm³/mol. The van der Waals surface area contributed by atoms with Crippen molar-refractivity contribution in [3.63, 3.8) is 0 Å². The normalized spacial score (nSPS) is 14.3. The van der Waals surface area contributed by atoms with Gasteiger partial charge in [-0.3, -0.25) is 37.3 Å². The van der Waals surface area contributed by atoms with Crippen LogP contribution in [0, 0.1) is 11.8 Å². The van der Waals surface area contributed by atoms with Crippen molar-refractivity contribution in [3.8, 4) is 0 Å². The van der Waals surface area contributed by atoms with Gasteiger partial charge in [-0.1, -0.05) is 266 Å². The van der Waals surface area contributed by atoms with Crippen molar-refractivity contribution in [2.24, 2.45) is 11.8 Å². The number of rotatable bonds is 63. The molecule has 0 heterocycles. The fraction of sp³-hybridized carbons (Fsp3) is 0.938. The van der Waals surface area contributed by atoms with Crippen molar-refractivity contribution in [1.82, 2.24) is 0 Å². The Morgan fingerprint density at radius 3 is 0.819 bits per heavy atom. The number of phosphoric ester groups is 2. The molecule has 3 N–H and O–H groups in total. The topological polar surface area (TPSA) is 237 Å². The Hall–Kier alpha value is -1.94. The minimum Gasteiger partial charge on any atom is -0.462 e. The van der Waals surface area contributed by atoms with Crippen LogP contribution in [0.1, 0.15) is 318 Å². The molecule has 0 rings (SSSR count). The van der Waals surface area contributed by atoms with E-state index in [1.807, 2.05) is 0 Å². The Bertz CT molecular complexity index is 1630. The average molecular weight is 1230 g/mol. The van der Waals surface area contributed by atoms with Gasteiger partial charge in [0, 0.05) is 25.7 Å². The summed E-state index contributed by atoms with van der Waals surface area (Å²) in [6.45, 7) is 9.28. The monoisotopic (exact) mass is 1230 g/mol. The van der Waals surface area contributed by atoms with E-state index in [1.165, 1.54) is 116 Å². The van der Waals surface area contributed by atoms with Crippen LogP contribution < -0.4 is 0 Å². The van der Waals surface area contributed by atoms with Gasteiger partial charge in [0.15, 0.2) is 12.2 Å². The molecule has 0 fully saturated rings. The molecule has 83 heavy (non-hydrogen) atoms. The zero-order chi connectivity index (χ0) is 61.5. The zero-order valence-corrected chi connectivity index (χ0v) is 55.3. The molecule has 19 heteroatoms. The van der Waals surface area contributed by atoms with E-state index in [4.69, 9.17) is 37.0 Å². The van der Waals surface area contributed by atoms with Crippen molar-refractivity contribution in [2.45, 2.75) is 336 Å². The summed E-state index contributed by atoms with van der Waals surface area (Å²) in [5, 5.41) is 10.5. The SMILES string of the molecule is CCCCCCCCCCCCCCCCCCCCC(=O)O[C@H](COC(=O)CCCCCCCCC(C)C)COP(=O)(O)OC[C@@H](O)COP(=O)(O)OC[C@@H](COC(=O)CCCCCCCCC)OC(=O)CCCCCCCCC(C)C. The molecule has 0 saturated carbocycles. The molecule has 17 nitrogen and oxygen atoms in total. The molecule has 0 aliphatic heterocycles. The van der Waals surface area contributed by atoms with Crippen LogP contribution in [0.3, 0.4) is 0 Å². The second-order valence-electron chi connectivity index (χ2n) is 24.1. The van der Waals surface area contributed by atoms with Crippen molar-refractivity contribution in [3.05, 3.63) is 0 Å². The maximum absolute atomic E-state index is 13.0. The maximum Gasteiger partial charge on any atom is 0.472 e. The van der Waals surface area contributed by atoms with E-state index in [0.717, 1.165) is 109 Å². The smallest absolute Gasteiger partial charge is 0.462 e. The minimum absolute atomic E-state index is 0.101. The summed E-state index contributed by atoms with van der Waals surface area (Å²) in [6.07, 6.45) is 39.5. The van der Waals surface area contributed by atoms with Gasteiger partial charge in [0.2, 0.25) is 0 Å². The van der Waals surface area contributed by atoms with Gasteiger partial charge < -0.3 is 33.8 Å². The molecular formula is C64H124O17P2. The largest absolute Gasteiger partial charge is 0.472 e. The van der Waals surface area contributed by atoms with Gasteiger partial charge in [-0.15, -0.1) is 0 Å². The van der Waals surface area contributed by atoms with Gasteiger partial charge in [0.25, 0.3) is 0 Å². The lowest BCUT2D eigenvalue weighted by molar-refractivity contribution is -0.161. The van der Waals surface area contributed by atoms with Crippen LogP contribution in [0.15, 0.2) is 0 Å². The first-order valence-electron chi connectivity index (χ1n) is 33.5. The Balaban J connectivity index is 5.14. The molecule has 0 aromatic carbocycles. The molecule has 0 aliphatic rings. The summed E-state index contributed by atoms with van der Waals surface area (Å²) in [6, 6.07) is 0. The average Bonchev–Trinajstić information content (AvgIpc) is 3.45. The standard InChI is InChI=1S/C64H124O17P2/c1-7-9-11-13-15-16-17-18-19-20-21-22-23-24-25-27-36-42-48-63(68)80-59(53-75-62(67)47-41-35-30-28-32-38-44-56(3)4)54-78-82(70,71)76-50-58(65)51-77-83(72,73)79-55-60(52-74-61(66)46-40-34-26-14-12-10-8-2)81-64(69)49-43-37-31-29-33-39-45-57(5)6/h56-60,65H,7-55H2,1-6H3,(H,70,71)(H,72,73)/t58-,59-,60-/m1/s1. The summed E-state index contributed by atoms with van der Waals surface area (Å²) >= 11 is 0. The van der Waals surface area contributed by atoms with Gasteiger partial charge in [-0.25, -0.2) is 9.13 Å².